The maximum absolute atomic E-state index is 13.1. The molecule has 0 fully saturated rings. The van der Waals surface area contributed by atoms with Crippen LogP contribution < -0.4 is 4.90 Å². The SMILES string of the molecule is CC(=O)c1cc2c(cc1-c1ccc(C)cc1)C(C)(C)CC(=O)N2Cc1ccccc1. The van der Waals surface area contributed by atoms with Crippen molar-refractivity contribution in [2.45, 2.75) is 46.1 Å². The van der Waals surface area contributed by atoms with Crippen LogP contribution >= 0.6 is 0 Å². The monoisotopic (exact) mass is 397 g/mol. The zero-order valence-corrected chi connectivity index (χ0v) is 18.0. The van der Waals surface area contributed by atoms with E-state index in [1.54, 1.807) is 6.92 Å². The fraction of sp³-hybridized carbons (Fsp3) is 0.259. The molecule has 3 nitrogen and oxygen atoms in total. The molecule has 0 saturated carbocycles. The minimum atomic E-state index is -0.297. The first-order valence-corrected chi connectivity index (χ1v) is 10.4. The lowest BCUT2D eigenvalue weighted by Gasteiger charge is -2.39. The van der Waals surface area contributed by atoms with Gasteiger partial charge in [-0.15, -0.1) is 0 Å². The number of amides is 1. The Balaban J connectivity index is 1.90. The zero-order valence-electron chi connectivity index (χ0n) is 18.0. The molecule has 0 N–H and O–H groups in total. The number of carbonyl (C=O) groups excluding carboxylic acids is 2. The average Bonchev–Trinajstić information content (AvgIpc) is 2.71. The largest absolute Gasteiger partial charge is 0.308 e. The van der Waals surface area contributed by atoms with Crippen LogP contribution in [0.3, 0.4) is 0 Å². The van der Waals surface area contributed by atoms with Crippen molar-refractivity contribution < 1.29 is 9.59 Å². The highest BCUT2D eigenvalue weighted by Crippen LogP contribution is 2.44. The summed E-state index contributed by atoms with van der Waals surface area (Å²) in [7, 11) is 0. The summed E-state index contributed by atoms with van der Waals surface area (Å²) >= 11 is 0. The molecule has 1 heterocycles. The van der Waals surface area contributed by atoms with Crippen molar-refractivity contribution in [1.29, 1.82) is 0 Å². The van der Waals surface area contributed by atoms with Gasteiger partial charge < -0.3 is 4.90 Å². The molecule has 4 rings (SSSR count). The Hall–Kier alpha value is -3.20. The van der Waals surface area contributed by atoms with Crippen molar-refractivity contribution in [3.63, 3.8) is 0 Å². The quantitative estimate of drug-likeness (QED) is 0.500. The predicted octanol–water partition coefficient (Wildman–Crippen LogP) is 6.08. The van der Waals surface area contributed by atoms with Gasteiger partial charge in [0.1, 0.15) is 0 Å². The fourth-order valence-corrected chi connectivity index (χ4v) is 4.26. The molecule has 3 heteroatoms. The van der Waals surface area contributed by atoms with Gasteiger partial charge in [-0.3, -0.25) is 9.59 Å². The lowest BCUT2D eigenvalue weighted by atomic mass is 9.75. The smallest absolute Gasteiger partial charge is 0.228 e. The Kier molecular flexibility index (Phi) is 5.07. The van der Waals surface area contributed by atoms with E-state index in [1.165, 1.54) is 5.56 Å². The minimum absolute atomic E-state index is 0.00358. The van der Waals surface area contributed by atoms with Crippen molar-refractivity contribution in [3.8, 4) is 11.1 Å². The van der Waals surface area contributed by atoms with Gasteiger partial charge in [-0.25, -0.2) is 0 Å². The van der Waals surface area contributed by atoms with Gasteiger partial charge in [0, 0.05) is 23.1 Å². The van der Waals surface area contributed by atoms with Crippen LogP contribution in [0.5, 0.6) is 0 Å². The second kappa shape index (κ2) is 7.56. The minimum Gasteiger partial charge on any atom is -0.308 e. The van der Waals surface area contributed by atoms with Crippen molar-refractivity contribution in [1.82, 2.24) is 0 Å². The maximum atomic E-state index is 13.1. The van der Waals surface area contributed by atoms with Crippen molar-refractivity contribution in [2.75, 3.05) is 4.90 Å². The molecular weight excluding hydrogens is 370 g/mol. The third-order valence-corrected chi connectivity index (χ3v) is 5.98. The van der Waals surface area contributed by atoms with Gasteiger partial charge in [0.05, 0.1) is 6.54 Å². The maximum Gasteiger partial charge on any atom is 0.228 e. The van der Waals surface area contributed by atoms with E-state index in [2.05, 4.69) is 51.1 Å². The number of hydrogen-bond donors (Lipinski definition) is 0. The van der Waals surface area contributed by atoms with Crippen molar-refractivity contribution in [3.05, 3.63) is 89.0 Å². The van der Waals surface area contributed by atoms with E-state index in [1.807, 2.05) is 41.3 Å². The summed E-state index contributed by atoms with van der Waals surface area (Å²) in [4.78, 5) is 27.5. The van der Waals surface area contributed by atoms with Crippen LogP contribution in [0.15, 0.2) is 66.7 Å². The zero-order chi connectivity index (χ0) is 21.5. The molecule has 0 saturated heterocycles. The first-order chi connectivity index (χ1) is 14.3. The molecule has 1 amide bonds. The van der Waals surface area contributed by atoms with Gasteiger partial charge in [0.2, 0.25) is 5.91 Å². The molecule has 0 bridgehead atoms. The molecule has 1 aliphatic heterocycles. The van der Waals surface area contributed by atoms with Gasteiger partial charge in [-0.2, -0.15) is 0 Å². The molecule has 0 unspecified atom stereocenters. The van der Waals surface area contributed by atoms with Gasteiger partial charge in [0.15, 0.2) is 5.78 Å². The number of rotatable bonds is 4. The van der Waals surface area contributed by atoms with Gasteiger partial charge >= 0.3 is 0 Å². The summed E-state index contributed by atoms with van der Waals surface area (Å²) in [6.45, 7) is 8.37. The van der Waals surface area contributed by atoms with Crippen LogP contribution in [0.4, 0.5) is 5.69 Å². The predicted molar refractivity (Wildman–Crippen MR) is 122 cm³/mol. The highest BCUT2D eigenvalue weighted by atomic mass is 16.2. The van der Waals surface area contributed by atoms with E-state index in [9.17, 15) is 9.59 Å². The van der Waals surface area contributed by atoms with Crippen molar-refractivity contribution in [2.24, 2.45) is 0 Å². The fourth-order valence-electron chi connectivity index (χ4n) is 4.26. The van der Waals surface area contributed by atoms with Crippen LogP contribution in [-0.4, -0.2) is 11.7 Å². The summed E-state index contributed by atoms with van der Waals surface area (Å²) in [6, 6.07) is 22.3. The van der Waals surface area contributed by atoms with E-state index in [0.29, 0.717) is 18.5 Å². The van der Waals surface area contributed by atoms with Crippen LogP contribution in [0.2, 0.25) is 0 Å². The first-order valence-electron chi connectivity index (χ1n) is 10.4. The number of anilines is 1. The number of benzene rings is 3. The third-order valence-electron chi connectivity index (χ3n) is 5.98. The molecule has 1 aliphatic rings. The summed E-state index contributed by atoms with van der Waals surface area (Å²) in [5.74, 6) is 0.0952. The van der Waals surface area contributed by atoms with E-state index in [0.717, 1.165) is 27.9 Å². The third kappa shape index (κ3) is 3.68. The van der Waals surface area contributed by atoms with E-state index in [4.69, 9.17) is 0 Å². The molecule has 0 atom stereocenters. The number of ketones is 1. The molecule has 0 aliphatic carbocycles. The highest BCUT2D eigenvalue weighted by molar-refractivity contribution is 6.05. The van der Waals surface area contributed by atoms with E-state index >= 15 is 0 Å². The molecule has 152 valence electrons. The first kappa shape index (κ1) is 20.1. The molecule has 0 radical (unpaired) electrons. The Bertz CT molecular complexity index is 1110. The average molecular weight is 398 g/mol. The van der Waals surface area contributed by atoms with Gasteiger partial charge in [-0.05, 0) is 48.2 Å². The Morgan fingerprint density at radius 2 is 1.67 bits per heavy atom. The topological polar surface area (TPSA) is 37.4 Å². The van der Waals surface area contributed by atoms with Crippen LogP contribution in [0.1, 0.15) is 54.2 Å². The Morgan fingerprint density at radius 1 is 1.00 bits per heavy atom. The normalized spacial score (nSPS) is 15.1. The number of aryl methyl sites for hydroxylation is 1. The van der Waals surface area contributed by atoms with E-state index in [-0.39, 0.29) is 17.1 Å². The molecule has 30 heavy (non-hydrogen) atoms. The summed E-state index contributed by atoms with van der Waals surface area (Å²) in [5.41, 5.74) is 6.53. The molecular formula is C27H27NO2. The van der Waals surface area contributed by atoms with Crippen LogP contribution in [-0.2, 0) is 16.8 Å². The number of carbonyl (C=O) groups is 2. The summed E-state index contributed by atoms with van der Waals surface area (Å²) in [6.07, 6.45) is 0.444. The highest BCUT2D eigenvalue weighted by Gasteiger charge is 2.37. The number of fused-ring (bicyclic) bond motifs is 1. The van der Waals surface area contributed by atoms with Crippen molar-refractivity contribution >= 4 is 17.4 Å². The summed E-state index contributed by atoms with van der Waals surface area (Å²) < 4.78 is 0. The lowest BCUT2D eigenvalue weighted by Crippen LogP contribution is -2.41. The second-order valence-electron chi connectivity index (χ2n) is 8.86. The van der Waals surface area contributed by atoms with E-state index < -0.39 is 0 Å². The van der Waals surface area contributed by atoms with Gasteiger partial charge in [-0.1, -0.05) is 74.0 Å². The molecule has 3 aromatic carbocycles. The number of nitrogens with zero attached hydrogens (tertiary/aromatic N) is 1. The Labute approximate surface area is 178 Å². The number of hydrogen-bond acceptors (Lipinski definition) is 2. The summed E-state index contributed by atoms with van der Waals surface area (Å²) in [5, 5.41) is 0. The van der Waals surface area contributed by atoms with Crippen LogP contribution in [0.25, 0.3) is 11.1 Å². The Morgan fingerprint density at radius 3 is 2.30 bits per heavy atom. The molecule has 0 spiro atoms. The second-order valence-corrected chi connectivity index (χ2v) is 8.86. The van der Waals surface area contributed by atoms with Crippen LogP contribution in [0, 0.1) is 6.92 Å². The van der Waals surface area contributed by atoms with Gasteiger partial charge in [0.25, 0.3) is 0 Å². The number of Topliss-reactive ketones (excluding diaryl/α,β-unsaturated/α-hetero) is 1. The standard InChI is InChI=1S/C27H27NO2/c1-18-10-12-21(13-11-18)23-14-24-25(15-22(23)19(2)29)28(26(30)16-27(24,3)4)17-20-8-6-5-7-9-20/h5-15H,16-17H2,1-4H3. The molecule has 0 aromatic heterocycles. The molecule has 3 aromatic rings. The lowest BCUT2D eigenvalue weighted by molar-refractivity contribution is -0.120.